The predicted octanol–water partition coefficient (Wildman–Crippen LogP) is 3.22. The topological polar surface area (TPSA) is 29.5 Å². The Kier molecular flexibility index (Phi) is 5.59. The van der Waals surface area contributed by atoms with Crippen LogP contribution in [0.3, 0.4) is 0 Å². The number of hydrogen-bond donors (Lipinski definition) is 0. The van der Waals surface area contributed by atoms with Crippen LogP contribution in [0.1, 0.15) is 20.8 Å². The first kappa shape index (κ1) is 15.0. The summed E-state index contributed by atoms with van der Waals surface area (Å²) in [5, 5.41) is 0. The minimum atomic E-state index is -0.591. The van der Waals surface area contributed by atoms with Crippen molar-refractivity contribution in [1.82, 2.24) is 4.90 Å². The summed E-state index contributed by atoms with van der Waals surface area (Å²) in [6.45, 7) is 6.82. The molecule has 0 N–H and O–H groups in total. The maximum atomic E-state index is 12.9. The molecule has 0 aliphatic carbocycles. The van der Waals surface area contributed by atoms with Gasteiger partial charge in [0, 0.05) is 13.1 Å². The lowest BCUT2D eigenvalue weighted by molar-refractivity contribution is -0.137. The molecular formula is C13H17BrFNO2. The molecule has 0 heterocycles. The molecule has 1 rings (SSSR count). The molecule has 0 aromatic heterocycles. The molecule has 0 saturated carbocycles. The van der Waals surface area contributed by atoms with Crippen LogP contribution >= 0.6 is 15.9 Å². The zero-order valence-corrected chi connectivity index (χ0v) is 12.3. The lowest BCUT2D eigenvalue weighted by Gasteiger charge is -2.23. The average molecular weight is 318 g/mol. The zero-order valence-electron chi connectivity index (χ0n) is 10.7. The van der Waals surface area contributed by atoms with Gasteiger partial charge in [-0.05, 0) is 54.9 Å². The van der Waals surface area contributed by atoms with Crippen molar-refractivity contribution < 1.29 is 13.9 Å². The Hall–Kier alpha value is -1.10. The number of ether oxygens (including phenoxy) is 1. The summed E-state index contributed by atoms with van der Waals surface area (Å²) in [7, 11) is 0. The van der Waals surface area contributed by atoms with Gasteiger partial charge in [-0.25, -0.2) is 4.39 Å². The van der Waals surface area contributed by atoms with Crippen molar-refractivity contribution in [2.45, 2.75) is 26.9 Å². The predicted molar refractivity (Wildman–Crippen MR) is 72.1 cm³/mol. The quantitative estimate of drug-likeness (QED) is 0.834. The summed E-state index contributed by atoms with van der Waals surface area (Å²) >= 11 is 3.21. The molecule has 5 heteroatoms. The molecule has 0 spiro atoms. The van der Waals surface area contributed by atoms with E-state index in [9.17, 15) is 9.18 Å². The SMILES string of the molecule is CCN(CC)C(=O)C(C)Oc1ccc(F)cc1Br. The third-order valence-corrected chi connectivity index (χ3v) is 3.24. The minimum Gasteiger partial charge on any atom is -0.480 e. The van der Waals surface area contributed by atoms with E-state index in [-0.39, 0.29) is 11.7 Å². The van der Waals surface area contributed by atoms with Crippen molar-refractivity contribution >= 4 is 21.8 Å². The van der Waals surface area contributed by atoms with Crippen molar-refractivity contribution in [1.29, 1.82) is 0 Å². The highest BCUT2D eigenvalue weighted by molar-refractivity contribution is 9.10. The fraction of sp³-hybridized carbons (Fsp3) is 0.462. The van der Waals surface area contributed by atoms with Crippen LogP contribution in [-0.2, 0) is 4.79 Å². The Labute approximate surface area is 115 Å². The Morgan fingerprint density at radius 2 is 2.06 bits per heavy atom. The van der Waals surface area contributed by atoms with E-state index in [4.69, 9.17) is 4.74 Å². The number of rotatable bonds is 5. The largest absolute Gasteiger partial charge is 0.480 e. The van der Waals surface area contributed by atoms with E-state index in [0.717, 1.165) is 0 Å². The van der Waals surface area contributed by atoms with Gasteiger partial charge in [-0.15, -0.1) is 0 Å². The van der Waals surface area contributed by atoms with E-state index >= 15 is 0 Å². The molecule has 0 saturated heterocycles. The van der Waals surface area contributed by atoms with E-state index in [2.05, 4.69) is 15.9 Å². The second kappa shape index (κ2) is 6.73. The van der Waals surface area contributed by atoms with Crippen molar-refractivity contribution in [2.24, 2.45) is 0 Å². The first-order chi connectivity index (χ1) is 8.49. The summed E-state index contributed by atoms with van der Waals surface area (Å²) < 4.78 is 19.0. The molecule has 0 fully saturated rings. The Morgan fingerprint density at radius 1 is 1.44 bits per heavy atom. The van der Waals surface area contributed by atoms with E-state index in [0.29, 0.717) is 23.3 Å². The second-order valence-electron chi connectivity index (χ2n) is 3.85. The average Bonchev–Trinajstić information content (AvgIpc) is 2.34. The smallest absolute Gasteiger partial charge is 0.263 e. The van der Waals surface area contributed by atoms with Gasteiger partial charge in [-0.3, -0.25) is 4.79 Å². The molecule has 1 amide bonds. The Balaban J connectivity index is 2.75. The van der Waals surface area contributed by atoms with Crippen LogP contribution in [0.5, 0.6) is 5.75 Å². The molecule has 100 valence electrons. The molecule has 18 heavy (non-hydrogen) atoms. The number of nitrogens with zero attached hydrogens (tertiary/aromatic N) is 1. The third kappa shape index (κ3) is 3.70. The first-order valence-electron chi connectivity index (χ1n) is 5.90. The number of carbonyl (C=O) groups excluding carboxylic acids is 1. The monoisotopic (exact) mass is 317 g/mol. The maximum Gasteiger partial charge on any atom is 0.263 e. The van der Waals surface area contributed by atoms with Crippen LogP contribution in [0, 0.1) is 5.82 Å². The lowest BCUT2D eigenvalue weighted by Crippen LogP contribution is -2.40. The van der Waals surface area contributed by atoms with Crippen LogP contribution in [0.25, 0.3) is 0 Å². The van der Waals surface area contributed by atoms with Crippen molar-refractivity contribution in [3.05, 3.63) is 28.5 Å². The molecule has 1 aromatic carbocycles. The number of hydrogen-bond acceptors (Lipinski definition) is 2. The molecule has 1 unspecified atom stereocenters. The minimum absolute atomic E-state index is 0.0729. The van der Waals surface area contributed by atoms with E-state index < -0.39 is 6.10 Å². The normalized spacial score (nSPS) is 12.1. The molecule has 0 aliphatic rings. The fourth-order valence-corrected chi connectivity index (χ4v) is 2.05. The van der Waals surface area contributed by atoms with Gasteiger partial charge in [0.15, 0.2) is 6.10 Å². The van der Waals surface area contributed by atoms with Crippen molar-refractivity contribution in [3.63, 3.8) is 0 Å². The molecular weight excluding hydrogens is 301 g/mol. The Morgan fingerprint density at radius 3 is 2.56 bits per heavy atom. The van der Waals surface area contributed by atoms with E-state index in [1.54, 1.807) is 11.8 Å². The number of halogens is 2. The van der Waals surface area contributed by atoms with Gasteiger partial charge in [0.05, 0.1) is 4.47 Å². The summed E-state index contributed by atoms with van der Waals surface area (Å²) in [6, 6.07) is 4.12. The third-order valence-electron chi connectivity index (χ3n) is 2.62. The van der Waals surface area contributed by atoms with E-state index in [1.165, 1.54) is 18.2 Å². The number of likely N-dealkylation sites (N-methyl/N-ethyl adjacent to an activating group) is 1. The van der Waals surface area contributed by atoms with Gasteiger partial charge in [0.25, 0.3) is 5.91 Å². The van der Waals surface area contributed by atoms with Crippen molar-refractivity contribution in [3.8, 4) is 5.75 Å². The summed E-state index contributed by atoms with van der Waals surface area (Å²) in [6.07, 6.45) is -0.591. The number of carbonyl (C=O) groups is 1. The second-order valence-corrected chi connectivity index (χ2v) is 4.70. The highest BCUT2D eigenvalue weighted by atomic mass is 79.9. The molecule has 3 nitrogen and oxygen atoms in total. The summed E-state index contributed by atoms with van der Waals surface area (Å²) in [4.78, 5) is 13.7. The number of benzene rings is 1. The van der Waals surface area contributed by atoms with Crippen LogP contribution in [0.2, 0.25) is 0 Å². The highest BCUT2D eigenvalue weighted by Gasteiger charge is 2.20. The Bertz CT molecular complexity index is 421. The van der Waals surface area contributed by atoms with Crippen LogP contribution < -0.4 is 4.74 Å². The van der Waals surface area contributed by atoms with Gasteiger partial charge in [0.2, 0.25) is 0 Å². The van der Waals surface area contributed by atoms with Crippen molar-refractivity contribution in [2.75, 3.05) is 13.1 Å². The standard InChI is InChI=1S/C13H17BrFNO2/c1-4-16(5-2)13(17)9(3)18-12-7-6-10(15)8-11(12)14/h6-9H,4-5H2,1-3H3. The van der Waals surface area contributed by atoms with Crippen LogP contribution in [0.15, 0.2) is 22.7 Å². The summed E-state index contributed by atoms with van der Waals surface area (Å²) in [5.41, 5.74) is 0. The number of amides is 1. The zero-order chi connectivity index (χ0) is 13.7. The van der Waals surface area contributed by atoms with Gasteiger partial charge in [-0.2, -0.15) is 0 Å². The molecule has 0 aliphatic heterocycles. The highest BCUT2D eigenvalue weighted by Crippen LogP contribution is 2.26. The fourth-order valence-electron chi connectivity index (χ4n) is 1.60. The van der Waals surface area contributed by atoms with Crippen LogP contribution in [0.4, 0.5) is 4.39 Å². The van der Waals surface area contributed by atoms with Gasteiger partial charge >= 0.3 is 0 Å². The first-order valence-corrected chi connectivity index (χ1v) is 6.69. The van der Waals surface area contributed by atoms with E-state index in [1.807, 2.05) is 13.8 Å². The van der Waals surface area contributed by atoms with Crippen LogP contribution in [-0.4, -0.2) is 30.0 Å². The lowest BCUT2D eigenvalue weighted by atomic mass is 10.3. The van der Waals surface area contributed by atoms with Gasteiger partial charge < -0.3 is 9.64 Å². The molecule has 1 aromatic rings. The van der Waals surface area contributed by atoms with Gasteiger partial charge in [-0.1, -0.05) is 0 Å². The molecule has 0 bridgehead atoms. The maximum absolute atomic E-state index is 12.9. The summed E-state index contributed by atoms with van der Waals surface area (Å²) in [5.74, 6) is 0.0394. The molecule has 0 radical (unpaired) electrons. The van der Waals surface area contributed by atoms with Gasteiger partial charge in [0.1, 0.15) is 11.6 Å². The molecule has 1 atom stereocenters.